The zero-order valence-electron chi connectivity index (χ0n) is 11.0. The van der Waals surface area contributed by atoms with Crippen molar-refractivity contribution in [3.05, 3.63) is 15.6 Å². The lowest BCUT2D eigenvalue weighted by molar-refractivity contribution is 0.0872. The lowest BCUT2D eigenvalue weighted by atomic mass is 10.00. The number of aromatic nitrogens is 1. The lowest BCUT2D eigenvalue weighted by Gasteiger charge is -2.16. The fraction of sp³-hybridized carbons (Fsp3) is 0.769. The maximum absolute atomic E-state index is 5.69. The Bertz CT molecular complexity index is 345. The first-order valence-electron chi connectivity index (χ1n) is 6.46. The molecule has 2 rings (SSSR count). The Morgan fingerprint density at radius 1 is 1.47 bits per heavy atom. The first kappa shape index (κ1) is 13.0. The molecule has 0 saturated carbocycles. The number of hydrogen-bond donors (Lipinski definition) is 1. The van der Waals surface area contributed by atoms with Gasteiger partial charge in [-0.3, -0.25) is 0 Å². The molecule has 0 aliphatic carbocycles. The van der Waals surface area contributed by atoms with Gasteiger partial charge < -0.3 is 10.1 Å². The van der Waals surface area contributed by atoms with Crippen molar-refractivity contribution in [2.75, 3.05) is 13.2 Å². The fourth-order valence-corrected chi connectivity index (χ4v) is 3.26. The van der Waals surface area contributed by atoms with Crippen LogP contribution >= 0.6 is 11.3 Å². The van der Waals surface area contributed by atoms with Crippen molar-refractivity contribution >= 4 is 11.3 Å². The highest BCUT2D eigenvalue weighted by Gasteiger charge is 2.25. The minimum atomic E-state index is 0.460. The van der Waals surface area contributed by atoms with E-state index in [1.165, 1.54) is 22.0 Å². The zero-order valence-corrected chi connectivity index (χ0v) is 11.8. The van der Waals surface area contributed by atoms with Gasteiger partial charge in [-0.15, -0.1) is 11.3 Å². The van der Waals surface area contributed by atoms with Crippen molar-refractivity contribution in [3.63, 3.8) is 0 Å². The van der Waals surface area contributed by atoms with Crippen molar-refractivity contribution in [2.24, 2.45) is 5.92 Å². The summed E-state index contributed by atoms with van der Waals surface area (Å²) in [5.74, 6) is 0.683. The fourth-order valence-electron chi connectivity index (χ4n) is 2.36. The monoisotopic (exact) mass is 254 g/mol. The molecule has 3 nitrogen and oxygen atoms in total. The van der Waals surface area contributed by atoms with Gasteiger partial charge in [-0.2, -0.15) is 0 Å². The second-order valence-corrected chi connectivity index (χ2v) is 6.03. The van der Waals surface area contributed by atoms with Gasteiger partial charge in [-0.25, -0.2) is 4.98 Å². The number of nitrogens with one attached hydrogen (secondary N) is 1. The maximum atomic E-state index is 5.69. The first-order valence-corrected chi connectivity index (χ1v) is 7.27. The Labute approximate surface area is 108 Å². The SMILES string of the molecule is CCC1OCCC1CNCc1nc(C)c(C)s1. The van der Waals surface area contributed by atoms with Crippen LogP contribution in [0.25, 0.3) is 0 Å². The van der Waals surface area contributed by atoms with Crippen LogP contribution in [0.15, 0.2) is 0 Å². The molecule has 1 aromatic rings. The average molecular weight is 254 g/mol. The van der Waals surface area contributed by atoms with E-state index in [4.69, 9.17) is 4.74 Å². The van der Waals surface area contributed by atoms with Gasteiger partial charge in [-0.1, -0.05) is 6.92 Å². The van der Waals surface area contributed by atoms with E-state index in [1.807, 2.05) is 0 Å². The van der Waals surface area contributed by atoms with Gasteiger partial charge in [0.2, 0.25) is 0 Å². The molecule has 1 aliphatic heterocycles. The molecule has 2 heterocycles. The number of nitrogens with zero attached hydrogens (tertiary/aromatic N) is 1. The van der Waals surface area contributed by atoms with Crippen LogP contribution in [0.2, 0.25) is 0 Å². The largest absolute Gasteiger partial charge is 0.378 e. The van der Waals surface area contributed by atoms with Gasteiger partial charge in [-0.05, 0) is 32.6 Å². The van der Waals surface area contributed by atoms with E-state index >= 15 is 0 Å². The number of hydrogen-bond acceptors (Lipinski definition) is 4. The zero-order chi connectivity index (χ0) is 12.3. The summed E-state index contributed by atoms with van der Waals surface area (Å²) in [6.07, 6.45) is 2.78. The van der Waals surface area contributed by atoms with Gasteiger partial charge in [0, 0.05) is 24.6 Å². The third-order valence-corrected chi connectivity index (χ3v) is 4.58. The number of ether oxygens (including phenoxy) is 1. The van der Waals surface area contributed by atoms with Crippen LogP contribution in [-0.4, -0.2) is 24.2 Å². The van der Waals surface area contributed by atoms with Gasteiger partial charge >= 0.3 is 0 Å². The summed E-state index contributed by atoms with van der Waals surface area (Å²) in [4.78, 5) is 5.87. The van der Waals surface area contributed by atoms with E-state index < -0.39 is 0 Å². The summed E-state index contributed by atoms with van der Waals surface area (Å²) in [5, 5.41) is 4.72. The predicted molar refractivity (Wildman–Crippen MR) is 71.4 cm³/mol. The highest BCUT2D eigenvalue weighted by molar-refractivity contribution is 7.11. The van der Waals surface area contributed by atoms with Crippen LogP contribution in [0.3, 0.4) is 0 Å². The van der Waals surface area contributed by atoms with Crippen LogP contribution in [-0.2, 0) is 11.3 Å². The molecule has 0 bridgehead atoms. The number of thiazole rings is 1. The Balaban J connectivity index is 1.75. The number of rotatable bonds is 5. The molecule has 0 aromatic carbocycles. The highest BCUT2D eigenvalue weighted by atomic mass is 32.1. The van der Waals surface area contributed by atoms with E-state index in [0.717, 1.165) is 26.1 Å². The molecule has 1 N–H and O–H groups in total. The molecule has 1 aliphatic rings. The van der Waals surface area contributed by atoms with Crippen molar-refractivity contribution in [2.45, 2.75) is 46.3 Å². The van der Waals surface area contributed by atoms with E-state index in [1.54, 1.807) is 11.3 Å². The molecule has 4 heteroatoms. The predicted octanol–water partition coefficient (Wildman–Crippen LogP) is 2.66. The summed E-state index contributed by atoms with van der Waals surface area (Å²) < 4.78 is 5.69. The van der Waals surface area contributed by atoms with Gasteiger partial charge in [0.15, 0.2) is 0 Å². The van der Waals surface area contributed by atoms with E-state index in [-0.39, 0.29) is 0 Å². The summed E-state index contributed by atoms with van der Waals surface area (Å²) >= 11 is 1.80. The second-order valence-electron chi connectivity index (χ2n) is 4.75. The average Bonchev–Trinajstić information content (AvgIpc) is 2.87. The van der Waals surface area contributed by atoms with Crippen LogP contribution in [0.1, 0.15) is 35.3 Å². The Kier molecular flexibility index (Phi) is 4.54. The smallest absolute Gasteiger partial charge is 0.107 e. The summed E-state index contributed by atoms with van der Waals surface area (Å²) in [6.45, 7) is 9.29. The minimum absolute atomic E-state index is 0.460. The molecule has 96 valence electrons. The minimum Gasteiger partial charge on any atom is -0.378 e. The summed E-state index contributed by atoms with van der Waals surface area (Å²) in [5.41, 5.74) is 1.17. The molecule has 0 spiro atoms. The molecule has 1 aromatic heterocycles. The molecular formula is C13H22N2OS. The quantitative estimate of drug-likeness (QED) is 0.877. The van der Waals surface area contributed by atoms with Crippen LogP contribution < -0.4 is 5.32 Å². The van der Waals surface area contributed by atoms with Crippen molar-refractivity contribution in [1.82, 2.24) is 10.3 Å². The van der Waals surface area contributed by atoms with Crippen molar-refractivity contribution < 1.29 is 4.74 Å². The lowest BCUT2D eigenvalue weighted by Crippen LogP contribution is -2.27. The Morgan fingerprint density at radius 3 is 2.94 bits per heavy atom. The summed E-state index contributed by atoms with van der Waals surface area (Å²) in [6, 6.07) is 0. The third kappa shape index (κ3) is 3.27. The van der Waals surface area contributed by atoms with E-state index in [9.17, 15) is 0 Å². The van der Waals surface area contributed by atoms with Gasteiger partial charge in [0.05, 0.1) is 11.8 Å². The van der Waals surface area contributed by atoms with Crippen LogP contribution in [0, 0.1) is 19.8 Å². The van der Waals surface area contributed by atoms with Crippen LogP contribution in [0.5, 0.6) is 0 Å². The molecule has 17 heavy (non-hydrogen) atoms. The normalized spacial score (nSPS) is 24.4. The topological polar surface area (TPSA) is 34.1 Å². The summed E-state index contributed by atoms with van der Waals surface area (Å²) in [7, 11) is 0. The van der Waals surface area contributed by atoms with Crippen LogP contribution in [0.4, 0.5) is 0 Å². The van der Waals surface area contributed by atoms with Gasteiger partial charge in [0.1, 0.15) is 5.01 Å². The van der Waals surface area contributed by atoms with Crippen molar-refractivity contribution in [3.8, 4) is 0 Å². The van der Waals surface area contributed by atoms with E-state index in [0.29, 0.717) is 12.0 Å². The molecule has 1 saturated heterocycles. The second kappa shape index (κ2) is 5.94. The maximum Gasteiger partial charge on any atom is 0.107 e. The van der Waals surface area contributed by atoms with Gasteiger partial charge in [0.25, 0.3) is 0 Å². The highest BCUT2D eigenvalue weighted by Crippen LogP contribution is 2.23. The first-order chi connectivity index (χ1) is 8.20. The molecular weight excluding hydrogens is 232 g/mol. The molecule has 1 fully saturated rings. The number of aryl methyl sites for hydroxylation is 2. The Hall–Kier alpha value is -0.450. The van der Waals surface area contributed by atoms with Crippen molar-refractivity contribution in [1.29, 1.82) is 0 Å². The van der Waals surface area contributed by atoms with E-state index in [2.05, 4.69) is 31.1 Å². The standard InChI is InChI=1S/C13H22N2OS/c1-4-12-11(5-6-16-12)7-14-8-13-15-9(2)10(3)17-13/h11-12,14H,4-8H2,1-3H3. The molecule has 2 atom stereocenters. The molecule has 0 radical (unpaired) electrons. The molecule has 2 unspecified atom stereocenters. The Morgan fingerprint density at radius 2 is 2.29 bits per heavy atom. The third-order valence-electron chi connectivity index (χ3n) is 3.50. The molecule has 0 amide bonds.